The second-order valence-electron chi connectivity index (χ2n) is 3.78. The van der Waals surface area contributed by atoms with Gasteiger partial charge in [-0.25, -0.2) is 4.79 Å². The van der Waals surface area contributed by atoms with Gasteiger partial charge in [0, 0.05) is 11.1 Å². The van der Waals surface area contributed by atoms with E-state index in [0.717, 1.165) is 0 Å². The number of carboxylic acids is 1. The topological polar surface area (TPSA) is 75.4 Å². The molecule has 2 rings (SSSR count). The summed E-state index contributed by atoms with van der Waals surface area (Å²) in [5, 5.41) is 16.3. The summed E-state index contributed by atoms with van der Waals surface area (Å²) in [6.07, 6.45) is 0. The monoisotopic (exact) mass is 266 g/mol. The van der Waals surface area contributed by atoms with E-state index in [1.807, 2.05) is 0 Å². The molecule has 1 heterocycles. The predicted molar refractivity (Wildman–Crippen MR) is 67.0 cm³/mol. The van der Waals surface area contributed by atoms with Crippen LogP contribution < -0.4 is 5.32 Å². The van der Waals surface area contributed by atoms with Crippen LogP contribution in [0.15, 0.2) is 28.8 Å². The van der Waals surface area contributed by atoms with Gasteiger partial charge in [0.05, 0.1) is 17.8 Å². The molecule has 0 saturated heterocycles. The summed E-state index contributed by atoms with van der Waals surface area (Å²) in [6.45, 7) is 2.16. The van der Waals surface area contributed by atoms with Gasteiger partial charge in [-0.05, 0) is 25.1 Å². The van der Waals surface area contributed by atoms with Crippen LogP contribution in [0, 0.1) is 6.92 Å². The van der Waals surface area contributed by atoms with Crippen molar-refractivity contribution in [1.29, 1.82) is 0 Å². The van der Waals surface area contributed by atoms with Crippen LogP contribution in [0.5, 0.6) is 0 Å². The van der Waals surface area contributed by atoms with Crippen molar-refractivity contribution in [1.82, 2.24) is 5.16 Å². The van der Waals surface area contributed by atoms with E-state index in [1.54, 1.807) is 19.1 Å². The number of carboxylic acid groups (broad SMARTS) is 1. The molecule has 0 amide bonds. The number of anilines is 1. The number of carbonyl (C=O) groups is 1. The number of aromatic carboxylic acids is 1. The van der Waals surface area contributed by atoms with Crippen molar-refractivity contribution >= 4 is 23.3 Å². The summed E-state index contributed by atoms with van der Waals surface area (Å²) >= 11 is 5.84. The number of nitrogens with zero attached hydrogens (tertiary/aromatic N) is 1. The lowest BCUT2D eigenvalue weighted by molar-refractivity contribution is 0.0698. The van der Waals surface area contributed by atoms with Gasteiger partial charge in [0.15, 0.2) is 0 Å². The molecule has 6 heteroatoms. The van der Waals surface area contributed by atoms with Crippen LogP contribution in [0.4, 0.5) is 5.69 Å². The van der Waals surface area contributed by atoms with Crippen LogP contribution in [0.3, 0.4) is 0 Å². The van der Waals surface area contributed by atoms with Crippen LogP contribution in [-0.2, 0) is 6.54 Å². The first kappa shape index (κ1) is 12.4. The Morgan fingerprint density at radius 3 is 2.89 bits per heavy atom. The summed E-state index contributed by atoms with van der Waals surface area (Å²) in [6, 6.07) is 6.34. The van der Waals surface area contributed by atoms with Crippen molar-refractivity contribution in [3.63, 3.8) is 0 Å². The number of rotatable bonds is 4. The molecule has 0 aliphatic heterocycles. The van der Waals surface area contributed by atoms with E-state index in [-0.39, 0.29) is 5.56 Å². The van der Waals surface area contributed by atoms with Crippen LogP contribution in [0.2, 0.25) is 5.02 Å². The molecule has 0 aliphatic rings. The second-order valence-corrected chi connectivity index (χ2v) is 4.21. The van der Waals surface area contributed by atoms with E-state index in [4.69, 9.17) is 21.2 Å². The van der Waals surface area contributed by atoms with Crippen molar-refractivity contribution in [3.05, 3.63) is 46.3 Å². The summed E-state index contributed by atoms with van der Waals surface area (Å²) in [5.41, 5.74) is 1.32. The van der Waals surface area contributed by atoms with Gasteiger partial charge < -0.3 is 14.9 Å². The predicted octanol–water partition coefficient (Wildman–Crippen LogP) is 2.95. The Hall–Kier alpha value is -2.01. The van der Waals surface area contributed by atoms with E-state index >= 15 is 0 Å². The highest BCUT2D eigenvalue weighted by Crippen LogP contribution is 2.21. The van der Waals surface area contributed by atoms with Crippen LogP contribution in [0.1, 0.15) is 21.8 Å². The molecular formula is C12H11ClN2O3. The third-order valence-electron chi connectivity index (χ3n) is 2.35. The first-order valence-corrected chi connectivity index (χ1v) is 5.63. The third-order valence-corrected chi connectivity index (χ3v) is 2.58. The number of hydrogen-bond donors (Lipinski definition) is 2. The van der Waals surface area contributed by atoms with E-state index in [2.05, 4.69) is 10.5 Å². The highest BCUT2D eigenvalue weighted by Gasteiger charge is 2.10. The Morgan fingerprint density at radius 2 is 2.28 bits per heavy atom. The average molecular weight is 267 g/mol. The number of aryl methyl sites for hydroxylation is 1. The molecule has 18 heavy (non-hydrogen) atoms. The average Bonchev–Trinajstić information content (AvgIpc) is 2.72. The van der Waals surface area contributed by atoms with Gasteiger partial charge in [0.1, 0.15) is 11.5 Å². The molecule has 0 unspecified atom stereocenters. The maximum Gasteiger partial charge on any atom is 0.337 e. The van der Waals surface area contributed by atoms with E-state index in [1.165, 1.54) is 12.1 Å². The smallest absolute Gasteiger partial charge is 0.337 e. The minimum Gasteiger partial charge on any atom is -0.478 e. The molecule has 0 fully saturated rings. The zero-order chi connectivity index (χ0) is 13.1. The van der Waals surface area contributed by atoms with Crippen molar-refractivity contribution < 1.29 is 14.4 Å². The lowest BCUT2D eigenvalue weighted by Crippen LogP contribution is -2.06. The molecule has 94 valence electrons. The van der Waals surface area contributed by atoms with Crippen molar-refractivity contribution in [3.8, 4) is 0 Å². The fourth-order valence-corrected chi connectivity index (χ4v) is 1.71. The molecule has 0 saturated carbocycles. The Balaban J connectivity index is 2.17. The highest BCUT2D eigenvalue weighted by atomic mass is 35.5. The molecule has 1 aromatic carbocycles. The first-order valence-electron chi connectivity index (χ1n) is 5.25. The van der Waals surface area contributed by atoms with Gasteiger partial charge in [0.25, 0.3) is 0 Å². The highest BCUT2D eigenvalue weighted by molar-refractivity contribution is 6.31. The Labute approximate surface area is 108 Å². The number of nitrogens with one attached hydrogen (secondary N) is 1. The lowest BCUT2D eigenvalue weighted by Gasteiger charge is -2.08. The maximum atomic E-state index is 11.0. The summed E-state index contributed by atoms with van der Waals surface area (Å²) in [5.74, 6) is -0.304. The summed E-state index contributed by atoms with van der Waals surface area (Å²) in [7, 11) is 0. The molecule has 5 nitrogen and oxygen atoms in total. The SMILES string of the molecule is Cc1cc(CNc2cc(Cl)ccc2C(=O)O)no1. The minimum atomic E-state index is -1.01. The number of hydrogen-bond acceptors (Lipinski definition) is 4. The molecule has 2 N–H and O–H groups in total. The van der Waals surface area contributed by atoms with Crippen molar-refractivity contribution in [2.75, 3.05) is 5.32 Å². The zero-order valence-corrected chi connectivity index (χ0v) is 10.4. The Kier molecular flexibility index (Phi) is 3.53. The van der Waals surface area contributed by atoms with Crippen LogP contribution >= 0.6 is 11.6 Å². The van der Waals surface area contributed by atoms with Gasteiger partial charge in [-0.1, -0.05) is 16.8 Å². The number of benzene rings is 1. The summed E-state index contributed by atoms with van der Waals surface area (Å²) in [4.78, 5) is 11.0. The van der Waals surface area contributed by atoms with Gasteiger partial charge in [-0.3, -0.25) is 0 Å². The zero-order valence-electron chi connectivity index (χ0n) is 9.61. The molecule has 1 aromatic heterocycles. The second kappa shape index (κ2) is 5.10. The summed E-state index contributed by atoms with van der Waals surface area (Å²) < 4.78 is 4.92. The number of aromatic nitrogens is 1. The quantitative estimate of drug-likeness (QED) is 0.890. The molecule has 0 radical (unpaired) electrons. The van der Waals surface area contributed by atoms with Crippen LogP contribution in [0.25, 0.3) is 0 Å². The maximum absolute atomic E-state index is 11.0. The van der Waals surface area contributed by atoms with Gasteiger partial charge in [-0.2, -0.15) is 0 Å². The third kappa shape index (κ3) is 2.81. The van der Waals surface area contributed by atoms with E-state index < -0.39 is 5.97 Å². The van der Waals surface area contributed by atoms with Gasteiger partial charge in [-0.15, -0.1) is 0 Å². The van der Waals surface area contributed by atoms with Crippen molar-refractivity contribution in [2.24, 2.45) is 0 Å². The van der Waals surface area contributed by atoms with Gasteiger partial charge in [0.2, 0.25) is 0 Å². The molecular weight excluding hydrogens is 256 g/mol. The van der Waals surface area contributed by atoms with Crippen molar-refractivity contribution in [2.45, 2.75) is 13.5 Å². The number of halogens is 1. The Bertz CT molecular complexity index is 580. The molecule has 0 bridgehead atoms. The Morgan fingerprint density at radius 1 is 1.50 bits per heavy atom. The normalized spacial score (nSPS) is 10.3. The molecule has 2 aromatic rings. The largest absolute Gasteiger partial charge is 0.478 e. The fourth-order valence-electron chi connectivity index (χ4n) is 1.54. The molecule has 0 spiro atoms. The standard InChI is InChI=1S/C12H11ClN2O3/c1-7-4-9(15-18-7)6-14-11-5-8(13)2-3-10(11)12(16)17/h2-5,14H,6H2,1H3,(H,16,17). The van der Waals surface area contributed by atoms with Gasteiger partial charge >= 0.3 is 5.97 Å². The van der Waals surface area contributed by atoms with E-state index in [9.17, 15) is 4.79 Å². The fraction of sp³-hybridized carbons (Fsp3) is 0.167. The first-order chi connectivity index (χ1) is 8.56. The molecule has 0 atom stereocenters. The van der Waals surface area contributed by atoms with Crippen LogP contribution in [-0.4, -0.2) is 16.2 Å². The van der Waals surface area contributed by atoms with E-state index in [0.29, 0.717) is 28.7 Å². The molecule has 0 aliphatic carbocycles. The minimum absolute atomic E-state index is 0.166. The lowest BCUT2D eigenvalue weighted by atomic mass is 10.2.